The molecule has 0 N–H and O–H groups in total. The summed E-state index contributed by atoms with van der Waals surface area (Å²) in [6.07, 6.45) is 9.59. The van der Waals surface area contributed by atoms with Crippen LogP contribution in [0.2, 0.25) is 0 Å². The predicted molar refractivity (Wildman–Crippen MR) is 103 cm³/mol. The molecule has 1 aliphatic heterocycles. The van der Waals surface area contributed by atoms with Gasteiger partial charge in [0.25, 0.3) is 5.91 Å². The third kappa shape index (κ3) is 5.08. The summed E-state index contributed by atoms with van der Waals surface area (Å²) in [5, 5.41) is 8.21. The van der Waals surface area contributed by atoms with Crippen LogP contribution in [0.15, 0.2) is 6.20 Å². The van der Waals surface area contributed by atoms with Crippen molar-refractivity contribution in [3.8, 4) is 0 Å². The lowest BCUT2D eigenvalue weighted by Crippen LogP contribution is -2.41. The van der Waals surface area contributed by atoms with Crippen LogP contribution in [0.1, 0.15) is 69.3 Å². The lowest BCUT2D eigenvalue weighted by atomic mass is 9.96. The second-order valence-electron chi connectivity index (χ2n) is 8.01. The number of rotatable bonds is 7. The number of aromatic nitrogens is 3. The minimum absolute atomic E-state index is 0.0664. The number of piperidine rings is 1. The van der Waals surface area contributed by atoms with Gasteiger partial charge in [-0.2, -0.15) is 0 Å². The Morgan fingerprint density at radius 3 is 2.52 bits per heavy atom. The van der Waals surface area contributed by atoms with Gasteiger partial charge in [-0.3, -0.25) is 14.3 Å². The topological polar surface area (TPSA) is 71.3 Å². The molecule has 0 spiro atoms. The van der Waals surface area contributed by atoms with Crippen molar-refractivity contribution in [2.24, 2.45) is 11.8 Å². The molecular weight excluding hydrogens is 342 g/mol. The smallest absolute Gasteiger partial charge is 0.276 e. The van der Waals surface area contributed by atoms with Crippen molar-refractivity contribution >= 4 is 11.8 Å². The Morgan fingerprint density at radius 1 is 1.11 bits per heavy atom. The molecule has 0 radical (unpaired) electrons. The van der Waals surface area contributed by atoms with Gasteiger partial charge in [0.2, 0.25) is 5.91 Å². The first-order valence-corrected chi connectivity index (χ1v) is 10.6. The molecule has 0 bridgehead atoms. The summed E-state index contributed by atoms with van der Waals surface area (Å²) in [5.41, 5.74) is 0.406. The summed E-state index contributed by atoms with van der Waals surface area (Å²) in [4.78, 5) is 28.8. The highest BCUT2D eigenvalue weighted by Crippen LogP contribution is 2.29. The van der Waals surface area contributed by atoms with Gasteiger partial charge < -0.3 is 9.80 Å². The molecule has 3 rings (SSSR count). The maximum absolute atomic E-state index is 12.6. The van der Waals surface area contributed by atoms with Crippen molar-refractivity contribution in [3.63, 3.8) is 0 Å². The van der Waals surface area contributed by atoms with Crippen molar-refractivity contribution in [1.82, 2.24) is 24.8 Å². The van der Waals surface area contributed by atoms with Crippen LogP contribution >= 0.6 is 0 Å². The van der Waals surface area contributed by atoms with Crippen molar-refractivity contribution in [1.29, 1.82) is 0 Å². The normalized spacial score (nSPS) is 20.8. The number of likely N-dealkylation sites (tertiary alicyclic amines) is 1. The fraction of sp³-hybridized carbons (Fsp3) is 0.800. The van der Waals surface area contributed by atoms with E-state index in [4.69, 9.17) is 0 Å². The van der Waals surface area contributed by atoms with Crippen LogP contribution in [-0.2, 0) is 11.3 Å². The maximum atomic E-state index is 12.6. The van der Waals surface area contributed by atoms with Crippen molar-refractivity contribution in [2.45, 2.75) is 65.3 Å². The lowest BCUT2D eigenvalue weighted by Gasteiger charge is -2.33. The Hall–Kier alpha value is -1.92. The Kier molecular flexibility index (Phi) is 6.85. The molecular formula is C20H33N5O2. The molecule has 2 heterocycles. The molecule has 1 aromatic rings. The molecule has 150 valence electrons. The third-order valence-electron chi connectivity index (χ3n) is 6.06. The van der Waals surface area contributed by atoms with Crippen LogP contribution in [0, 0.1) is 11.8 Å². The van der Waals surface area contributed by atoms with E-state index in [1.807, 2.05) is 18.7 Å². The van der Waals surface area contributed by atoms with E-state index in [1.165, 1.54) is 25.7 Å². The first kappa shape index (κ1) is 19.8. The molecule has 1 atom stereocenters. The summed E-state index contributed by atoms with van der Waals surface area (Å²) < 4.78 is 1.77. The Balaban J connectivity index is 1.53. The average Bonchev–Trinajstić information content (AvgIpc) is 3.35. The number of carbonyl (C=O) groups is 2. The first-order valence-electron chi connectivity index (χ1n) is 10.6. The molecule has 0 aromatic carbocycles. The fourth-order valence-corrected chi connectivity index (χ4v) is 4.45. The molecule has 7 nitrogen and oxygen atoms in total. The van der Waals surface area contributed by atoms with E-state index in [0.29, 0.717) is 43.1 Å². The molecule has 2 aliphatic rings. The number of hydrogen-bond donors (Lipinski definition) is 0. The summed E-state index contributed by atoms with van der Waals surface area (Å²) >= 11 is 0. The summed E-state index contributed by atoms with van der Waals surface area (Å²) in [5.74, 6) is 1.23. The van der Waals surface area contributed by atoms with Crippen LogP contribution in [-0.4, -0.2) is 62.8 Å². The number of hydrogen-bond acceptors (Lipinski definition) is 4. The van der Waals surface area contributed by atoms with Crippen LogP contribution in [0.5, 0.6) is 0 Å². The molecule has 1 saturated carbocycles. The molecule has 1 aromatic heterocycles. The zero-order chi connectivity index (χ0) is 19.2. The standard InChI is InChI=1S/C20H33N5O2/c1-3-23(4-2)20(27)18-15-25(22-21-18)14-17-10-7-11-24(13-17)19(26)12-16-8-5-6-9-16/h15-17H,3-14H2,1-2H3. The Morgan fingerprint density at radius 2 is 1.81 bits per heavy atom. The van der Waals surface area contributed by atoms with Gasteiger partial charge in [-0.15, -0.1) is 5.10 Å². The highest BCUT2D eigenvalue weighted by atomic mass is 16.2. The largest absolute Gasteiger partial charge is 0.342 e. The van der Waals surface area contributed by atoms with Crippen LogP contribution in [0.3, 0.4) is 0 Å². The second-order valence-corrected chi connectivity index (χ2v) is 8.01. The van der Waals surface area contributed by atoms with Gasteiger partial charge in [0.1, 0.15) is 0 Å². The summed E-state index contributed by atoms with van der Waals surface area (Å²) in [6.45, 7) is 7.66. The fourth-order valence-electron chi connectivity index (χ4n) is 4.45. The second kappa shape index (κ2) is 9.33. The number of nitrogens with zero attached hydrogens (tertiary/aromatic N) is 5. The molecule has 2 fully saturated rings. The van der Waals surface area contributed by atoms with Crippen LogP contribution in [0.25, 0.3) is 0 Å². The Bertz CT molecular complexity index is 634. The van der Waals surface area contributed by atoms with Crippen molar-refractivity contribution in [2.75, 3.05) is 26.2 Å². The molecule has 2 amide bonds. The quantitative estimate of drug-likeness (QED) is 0.734. The van der Waals surface area contributed by atoms with Crippen molar-refractivity contribution in [3.05, 3.63) is 11.9 Å². The van der Waals surface area contributed by atoms with Gasteiger partial charge in [-0.05, 0) is 51.4 Å². The van der Waals surface area contributed by atoms with Crippen molar-refractivity contribution < 1.29 is 9.59 Å². The van der Waals surface area contributed by atoms with Gasteiger partial charge in [0, 0.05) is 39.1 Å². The monoisotopic (exact) mass is 375 g/mol. The van der Waals surface area contributed by atoms with E-state index < -0.39 is 0 Å². The minimum atomic E-state index is -0.0664. The molecule has 27 heavy (non-hydrogen) atoms. The van der Waals surface area contributed by atoms with E-state index in [1.54, 1.807) is 15.8 Å². The van der Waals surface area contributed by atoms with E-state index in [0.717, 1.165) is 32.4 Å². The SMILES string of the molecule is CCN(CC)C(=O)c1cn(CC2CCCN(C(=O)CC3CCCC3)C2)nn1. The van der Waals surface area contributed by atoms with E-state index in [2.05, 4.69) is 10.3 Å². The summed E-state index contributed by atoms with van der Waals surface area (Å²) in [7, 11) is 0. The van der Waals surface area contributed by atoms with Crippen LogP contribution in [0.4, 0.5) is 0 Å². The highest BCUT2D eigenvalue weighted by Gasteiger charge is 2.27. The van der Waals surface area contributed by atoms with Gasteiger partial charge >= 0.3 is 0 Å². The Labute approximate surface area is 162 Å². The van der Waals surface area contributed by atoms with Crippen LogP contribution < -0.4 is 0 Å². The first-order chi connectivity index (χ1) is 13.1. The number of amides is 2. The zero-order valence-corrected chi connectivity index (χ0v) is 16.8. The highest BCUT2D eigenvalue weighted by molar-refractivity contribution is 5.91. The van der Waals surface area contributed by atoms with E-state index in [9.17, 15) is 9.59 Å². The molecule has 1 unspecified atom stereocenters. The zero-order valence-electron chi connectivity index (χ0n) is 16.8. The van der Waals surface area contributed by atoms with E-state index in [-0.39, 0.29) is 5.91 Å². The predicted octanol–water partition coefficient (Wildman–Crippen LogP) is 2.58. The molecule has 7 heteroatoms. The van der Waals surface area contributed by atoms with Gasteiger partial charge in [-0.25, -0.2) is 0 Å². The van der Waals surface area contributed by atoms with E-state index >= 15 is 0 Å². The average molecular weight is 376 g/mol. The summed E-state index contributed by atoms with van der Waals surface area (Å²) in [6, 6.07) is 0. The van der Waals surface area contributed by atoms with Gasteiger partial charge in [0.05, 0.1) is 6.20 Å². The van der Waals surface area contributed by atoms with Gasteiger partial charge in [-0.1, -0.05) is 18.1 Å². The van der Waals surface area contributed by atoms with Gasteiger partial charge in [0.15, 0.2) is 5.69 Å². The third-order valence-corrected chi connectivity index (χ3v) is 6.06. The lowest BCUT2D eigenvalue weighted by molar-refractivity contribution is -0.134. The molecule has 1 saturated heterocycles. The minimum Gasteiger partial charge on any atom is -0.342 e. The number of carbonyl (C=O) groups excluding carboxylic acids is 2. The molecule has 1 aliphatic carbocycles. The maximum Gasteiger partial charge on any atom is 0.276 e.